The van der Waals surface area contributed by atoms with Gasteiger partial charge in [-0.2, -0.15) is 0 Å². The second-order valence-corrected chi connectivity index (χ2v) is 10.1. The third kappa shape index (κ3) is 5.82. The Balaban J connectivity index is 1.50. The Kier molecular flexibility index (Phi) is 7.84. The average molecular weight is 539 g/mol. The first kappa shape index (κ1) is 25.6. The van der Waals surface area contributed by atoms with E-state index in [1.165, 1.54) is 17.8 Å². The minimum Gasteiger partial charge on any atom is -0.478 e. The maximum atomic E-state index is 13.1. The molecule has 6 nitrogen and oxygen atoms in total. The van der Waals surface area contributed by atoms with Crippen molar-refractivity contribution in [2.24, 2.45) is 0 Å². The third-order valence-corrected chi connectivity index (χ3v) is 7.00. The molecule has 0 fully saturated rings. The number of carbonyl (C=O) groups excluding carboxylic acids is 2. The zero-order chi connectivity index (χ0) is 25.8. The molecule has 0 bridgehead atoms. The number of hydrogen-bond acceptors (Lipinski definition) is 4. The first-order valence-electron chi connectivity index (χ1n) is 10.8. The van der Waals surface area contributed by atoms with Crippen LogP contribution in [0.1, 0.15) is 27.6 Å². The van der Waals surface area contributed by atoms with Crippen LogP contribution in [-0.2, 0) is 4.79 Å². The number of carboxylic acid groups (broad SMARTS) is 1. The number of carboxylic acids is 1. The van der Waals surface area contributed by atoms with E-state index < -0.39 is 17.1 Å². The van der Waals surface area contributed by atoms with Gasteiger partial charge in [0.1, 0.15) is 0 Å². The largest absolute Gasteiger partial charge is 0.478 e. The van der Waals surface area contributed by atoms with Crippen LogP contribution in [0.25, 0.3) is 10.8 Å². The van der Waals surface area contributed by atoms with Gasteiger partial charge in [0.2, 0.25) is 5.91 Å². The van der Waals surface area contributed by atoms with Crippen molar-refractivity contribution in [1.29, 1.82) is 0 Å². The van der Waals surface area contributed by atoms with Crippen molar-refractivity contribution in [2.75, 3.05) is 10.6 Å². The van der Waals surface area contributed by atoms with Crippen LogP contribution >= 0.6 is 35.0 Å². The van der Waals surface area contributed by atoms with Gasteiger partial charge in [-0.3, -0.25) is 9.59 Å². The minimum absolute atomic E-state index is 0.0576. The Morgan fingerprint density at radius 1 is 0.861 bits per heavy atom. The summed E-state index contributed by atoms with van der Waals surface area (Å²) in [4.78, 5) is 38.3. The predicted octanol–water partition coefficient (Wildman–Crippen LogP) is 7.22. The van der Waals surface area contributed by atoms with Crippen LogP contribution in [0.5, 0.6) is 0 Å². The minimum atomic E-state index is -1.11. The molecule has 0 saturated carbocycles. The summed E-state index contributed by atoms with van der Waals surface area (Å²) in [6, 6.07) is 21.8. The predicted molar refractivity (Wildman–Crippen MR) is 146 cm³/mol. The number of fused-ring (bicyclic) bond motifs is 1. The monoisotopic (exact) mass is 538 g/mol. The number of hydrogen-bond donors (Lipinski definition) is 3. The van der Waals surface area contributed by atoms with Crippen molar-refractivity contribution in [3.05, 3.63) is 100 Å². The summed E-state index contributed by atoms with van der Waals surface area (Å²) in [5.41, 5.74) is 1.26. The molecule has 4 rings (SSSR count). The maximum Gasteiger partial charge on any atom is 0.336 e. The lowest BCUT2D eigenvalue weighted by Gasteiger charge is -2.14. The highest BCUT2D eigenvalue weighted by molar-refractivity contribution is 8.00. The Morgan fingerprint density at radius 2 is 1.56 bits per heavy atom. The van der Waals surface area contributed by atoms with Gasteiger partial charge in [-0.1, -0.05) is 53.5 Å². The Morgan fingerprint density at radius 3 is 2.28 bits per heavy atom. The van der Waals surface area contributed by atoms with Gasteiger partial charge in [-0.15, -0.1) is 11.8 Å². The number of aromatic carboxylic acids is 1. The first-order chi connectivity index (χ1) is 17.2. The van der Waals surface area contributed by atoms with Gasteiger partial charge in [0, 0.05) is 26.6 Å². The van der Waals surface area contributed by atoms with Crippen LogP contribution in [-0.4, -0.2) is 28.1 Å². The van der Waals surface area contributed by atoms with E-state index in [-0.39, 0.29) is 17.0 Å². The van der Waals surface area contributed by atoms with Gasteiger partial charge in [0.05, 0.1) is 21.5 Å². The molecular formula is C27H20Cl2N2O4S. The summed E-state index contributed by atoms with van der Waals surface area (Å²) < 4.78 is 0. The summed E-state index contributed by atoms with van der Waals surface area (Å²) in [5.74, 6) is -1.79. The molecule has 1 atom stereocenters. The molecule has 2 amide bonds. The fraction of sp³-hybridized carbons (Fsp3) is 0.0741. The fourth-order valence-electron chi connectivity index (χ4n) is 3.64. The molecule has 4 aromatic carbocycles. The van der Waals surface area contributed by atoms with Crippen molar-refractivity contribution in [2.45, 2.75) is 17.1 Å². The Bertz CT molecular complexity index is 1490. The Hall–Kier alpha value is -3.52. The molecule has 0 radical (unpaired) electrons. The van der Waals surface area contributed by atoms with E-state index in [4.69, 9.17) is 23.2 Å². The lowest BCUT2D eigenvalue weighted by Crippen LogP contribution is -2.22. The second-order valence-electron chi connectivity index (χ2n) is 7.87. The van der Waals surface area contributed by atoms with Crippen LogP contribution in [0.4, 0.5) is 11.4 Å². The highest BCUT2D eigenvalue weighted by Gasteiger charge is 2.18. The fourth-order valence-corrected chi connectivity index (χ4v) is 4.90. The highest BCUT2D eigenvalue weighted by atomic mass is 35.5. The maximum absolute atomic E-state index is 13.1. The first-order valence-corrected chi connectivity index (χ1v) is 12.5. The quantitative estimate of drug-likeness (QED) is 0.216. The molecule has 0 aromatic heterocycles. The van der Waals surface area contributed by atoms with Gasteiger partial charge in [-0.05, 0) is 60.8 Å². The van der Waals surface area contributed by atoms with E-state index in [0.29, 0.717) is 32.2 Å². The van der Waals surface area contributed by atoms with E-state index in [0.717, 1.165) is 4.90 Å². The molecule has 0 saturated heterocycles. The number of halogens is 2. The smallest absolute Gasteiger partial charge is 0.336 e. The number of rotatable bonds is 7. The number of nitrogens with one attached hydrogen (secondary N) is 2. The summed E-state index contributed by atoms with van der Waals surface area (Å²) in [6.45, 7) is 1.76. The van der Waals surface area contributed by atoms with Crippen molar-refractivity contribution in [3.8, 4) is 0 Å². The normalized spacial score (nSPS) is 11.6. The van der Waals surface area contributed by atoms with Crippen LogP contribution in [0, 0.1) is 0 Å². The van der Waals surface area contributed by atoms with E-state index in [1.54, 1.807) is 73.7 Å². The molecule has 1 unspecified atom stereocenters. The van der Waals surface area contributed by atoms with Crippen molar-refractivity contribution >= 4 is 74.9 Å². The van der Waals surface area contributed by atoms with E-state index in [2.05, 4.69) is 10.6 Å². The molecule has 36 heavy (non-hydrogen) atoms. The zero-order valence-corrected chi connectivity index (χ0v) is 21.2. The number of benzene rings is 4. The molecule has 3 N–H and O–H groups in total. The van der Waals surface area contributed by atoms with E-state index >= 15 is 0 Å². The van der Waals surface area contributed by atoms with Gasteiger partial charge < -0.3 is 15.7 Å². The van der Waals surface area contributed by atoms with Crippen molar-refractivity contribution in [3.63, 3.8) is 0 Å². The van der Waals surface area contributed by atoms with Crippen molar-refractivity contribution in [1.82, 2.24) is 0 Å². The van der Waals surface area contributed by atoms with Crippen LogP contribution in [0.15, 0.2) is 83.8 Å². The average Bonchev–Trinajstić information content (AvgIpc) is 2.85. The summed E-state index contributed by atoms with van der Waals surface area (Å²) in [7, 11) is 0. The second kappa shape index (κ2) is 11.0. The lowest BCUT2D eigenvalue weighted by molar-refractivity contribution is -0.115. The molecule has 182 valence electrons. The standard InChI is InChI=1S/C27H20Cl2N2O4S/c1-15(25(32)31-23-13-17(28)11-12-22(23)29)36-19-8-4-7-18(14-19)30-26(33)20-9-2-5-16-6-3-10-21(24(16)20)27(34)35/h2-15H,1H3,(H,30,33)(H,31,32)(H,34,35). The van der Waals surface area contributed by atoms with E-state index in [9.17, 15) is 19.5 Å². The summed E-state index contributed by atoms with van der Waals surface area (Å²) >= 11 is 13.4. The number of amides is 2. The SMILES string of the molecule is CC(Sc1cccc(NC(=O)c2cccc3cccc(C(=O)O)c23)c1)C(=O)Nc1cc(Cl)ccc1Cl. The molecule has 0 heterocycles. The van der Waals surface area contributed by atoms with Gasteiger partial charge in [-0.25, -0.2) is 4.79 Å². The van der Waals surface area contributed by atoms with Gasteiger partial charge in [0.25, 0.3) is 5.91 Å². The van der Waals surface area contributed by atoms with Crippen molar-refractivity contribution < 1.29 is 19.5 Å². The van der Waals surface area contributed by atoms with Gasteiger partial charge >= 0.3 is 5.97 Å². The molecule has 9 heteroatoms. The zero-order valence-electron chi connectivity index (χ0n) is 18.9. The molecule has 0 spiro atoms. The molecule has 0 aliphatic heterocycles. The highest BCUT2D eigenvalue weighted by Crippen LogP contribution is 2.30. The van der Waals surface area contributed by atoms with Crippen LogP contribution in [0.2, 0.25) is 10.0 Å². The molecule has 0 aliphatic rings. The van der Waals surface area contributed by atoms with Crippen LogP contribution < -0.4 is 10.6 Å². The number of thioether (sulfide) groups is 1. The Labute approximate surface area is 221 Å². The molecule has 4 aromatic rings. The van der Waals surface area contributed by atoms with E-state index in [1.807, 2.05) is 6.07 Å². The molecule has 0 aliphatic carbocycles. The number of carbonyl (C=O) groups is 3. The van der Waals surface area contributed by atoms with Crippen LogP contribution in [0.3, 0.4) is 0 Å². The van der Waals surface area contributed by atoms with Gasteiger partial charge in [0.15, 0.2) is 0 Å². The third-order valence-electron chi connectivity index (χ3n) is 5.34. The topological polar surface area (TPSA) is 95.5 Å². The number of anilines is 2. The molecular weight excluding hydrogens is 519 g/mol. The summed E-state index contributed by atoms with van der Waals surface area (Å²) in [6.07, 6.45) is 0. The lowest BCUT2D eigenvalue weighted by atomic mass is 9.98. The summed E-state index contributed by atoms with van der Waals surface area (Å²) in [5, 5.41) is 16.6.